The van der Waals surface area contributed by atoms with Crippen LogP contribution >= 0.6 is 0 Å². The standard InChI is InChI=1S/C15H20N2O/c18-15-14(9-8-12-4-2-1-3-5-12)16-11-17(15)10-13-6-7-13/h1-5,13-14,16H,6-11H2. The Hall–Kier alpha value is -1.35. The van der Waals surface area contributed by atoms with Crippen molar-refractivity contribution in [1.82, 2.24) is 10.2 Å². The van der Waals surface area contributed by atoms with Crippen molar-refractivity contribution in [1.29, 1.82) is 0 Å². The maximum atomic E-state index is 12.2. The molecule has 1 amide bonds. The van der Waals surface area contributed by atoms with Crippen LogP contribution in [0, 0.1) is 5.92 Å². The maximum Gasteiger partial charge on any atom is 0.240 e. The van der Waals surface area contributed by atoms with E-state index in [1.807, 2.05) is 11.0 Å². The van der Waals surface area contributed by atoms with E-state index >= 15 is 0 Å². The molecule has 0 spiro atoms. The van der Waals surface area contributed by atoms with E-state index in [2.05, 4.69) is 29.6 Å². The van der Waals surface area contributed by atoms with E-state index in [-0.39, 0.29) is 6.04 Å². The van der Waals surface area contributed by atoms with Crippen LogP contribution in [0.4, 0.5) is 0 Å². The monoisotopic (exact) mass is 244 g/mol. The number of nitrogens with zero attached hydrogens (tertiary/aromatic N) is 1. The second-order valence-corrected chi connectivity index (χ2v) is 5.44. The summed E-state index contributed by atoms with van der Waals surface area (Å²) in [5, 5.41) is 3.34. The lowest BCUT2D eigenvalue weighted by Gasteiger charge is -2.14. The molecule has 2 aliphatic rings. The van der Waals surface area contributed by atoms with Gasteiger partial charge in [-0.25, -0.2) is 0 Å². The fourth-order valence-electron chi connectivity index (χ4n) is 2.55. The van der Waals surface area contributed by atoms with Crippen molar-refractivity contribution < 1.29 is 4.79 Å². The zero-order chi connectivity index (χ0) is 12.4. The van der Waals surface area contributed by atoms with Crippen molar-refractivity contribution in [3.63, 3.8) is 0 Å². The lowest BCUT2D eigenvalue weighted by molar-refractivity contribution is -0.129. The fourth-order valence-corrected chi connectivity index (χ4v) is 2.55. The summed E-state index contributed by atoms with van der Waals surface area (Å²) in [6, 6.07) is 10.4. The molecule has 1 heterocycles. The molecule has 1 unspecified atom stereocenters. The van der Waals surface area contributed by atoms with E-state index in [0.29, 0.717) is 5.91 Å². The summed E-state index contributed by atoms with van der Waals surface area (Å²) in [6.45, 7) is 1.71. The number of amides is 1. The van der Waals surface area contributed by atoms with Crippen molar-refractivity contribution in [2.75, 3.05) is 13.2 Å². The van der Waals surface area contributed by atoms with Gasteiger partial charge in [-0.1, -0.05) is 30.3 Å². The normalized spacial score (nSPS) is 23.7. The van der Waals surface area contributed by atoms with E-state index in [4.69, 9.17) is 0 Å². The number of aryl methyl sites for hydroxylation is 1. The lowest BCUT2D eigenvalue weighted by atomic mass is 10.1. The van der Waals surface area contributed by atoms with Crippen molar-refractivity contribution in [2.24, 2.45) is 5.92 Å². The van der Waals surface area contributed by atoms with Crippen molar-refractivity contribution in [3.05, 3.63) is 35.9 Å². The SMILES string of the molecule is O=C1C(CCc2ccccc2)NCN1CC1CC1. The molecule has 1 atom stereocenters. The molecule has 1 saturated carbocycles. The summed E-state index contributed by atoms with van der Waals surface area (Å²) in [5.41, 5.74) is 1.31. The fraction of sp³-hybridized carbons (Fsp3) is 0.533. The van der Waals surface area contributed by atoms with Gasteiger partial charge in [0, 0.05) is 6.54 Å². The Balaban J connectivity index is 1.50. The minimum atomic E-state index is 0.0314. The Bertz CT molecular complexity index is 414. The molecule has 1 aromatic rings. The number of hydrogen-bond acceptors (Lipinski definition) is 2. The van der Waals surface area contributed by atoms with Gasteiger partial charge in [-0.3, -0.25) is 10.1 Å². The van der Waals surface area contributed by atoms with Gasteiger partial charge in [0.25, 0.3) is 0 Å². The Kier molecular flexibility index (Phi) is 3.33. The first-order valence-corrected chi connectivity index (χ1v) is 6.89. The predicted molar refractivity (Wildman–Crippen MR) is 71.0 cm³/mol. The molecule has 0 aromatic heterocycles. The van der Waals surface area contributed by atoms with Gasteiger partial charge in [0.15, 0.2) is 0 Å². The molecule has 2 fully saturated rings. The number of benzene rings is 1. The lowest BCUT2D eigenvalue weighted by Crippen LogP contribution is -2.32. The summed E-state index contributed by atoms with van der Waals surface area (Å²) < 4.78 is 0. The third-order valence-corrected chi connectivity index (χ3v) is 3.88. The van der Waals surface area contributed by atoms with Gasteiger partial charge >= 0.3 is 0 Å². The van der Waals surface area contributed by atoms with Crippen molar-refractivity contribution >= 4 is 5.91 Å². The largest absolute Gasteiger partial charge is 0.328 e. The number of nitrogens with one attached hydrogen (secondary N) is 1. The molecule has 1 saturated heterocycles. The Morgan fingerprint density at radius 3 is 2.72 bits per heavy atom. The Morgan fingerprint density at radius 1 is 1.22 bits per heavy atom. The number of carbonyl (C=O) groups is 1. The van der Waals surface area contributed by atoms with Crippen LogP contribution in [-0.2, 0) is 11.2 Å². The average Bonchev–Trinajstić information content (AvgIpc) is 3.15. The van der Waals surface area contributed by atoms with Gasteiger partial charge < -0.3 is 4.90 Å². The van der Waals surface area contributed by atoms with E-state index in [1.54, 1.807) is 0 Å². The molecule has 3 heteroatoms. The molecular weight excluding hydrogens is 224 g/mol. The molecule has 18 heavy (non-hydrogen) atoms. The molecule has 0 radical (unpaired) electrons. The Labute approximate surface area is 108 Å². The van der Waals surface area contributed by atoms with Crippen LogP contribution in [-0.4, -0.2) is 30.1 Å². The first kappa shape index (κ1) is 11.7. The van der Waals surface area contributed by atoms with Gasteiger partial charge in [0.1, 0.15) is 0 Å². The van der Waals surface area contributed by atoms with E-state index in [1.165, 1.54) is 18.4 Å². The smallest absolute Gasteiger partial charge is 0.240 e. The molecule has 0 bridgehead atoms. The molecule has 1 aliphatic carbocycles. The van der Waals surface area contributed by atoms with Gasteiger partial charge in [-0.2, -0.15) is 0 Å². The second-order valence-electron chi connectivity index (χ2n) is 5.44. The van der Waals surface area contributed by atoms with Crippen molar-refractivity contribution in [3.8, 4) is 0 Å². The highest BCUT2D eigenvalue weighted by Crippen LogP contribution is 2.30. The number of rotatable bonds is 5. The summed E-state index contributed by atoms with van der Waals surface area (Å²) >= 11 is 0. The summed E-state index contributed by atoms with van der Waals surface area (Å²) in [5.74, 6) is 1.08. The summed E-state index contributed by atoms with van der Waals surface area (Å²) in [7, 11) is 0. The molecule has 3 rings (SSSR count). The van der Waals surface area contributed by atoms with E-state index in [0.717, 1.165) is 32.0 Å². The summed E-state index contributed by atoms with van der Waals surface area (Å²) in [4.78, 5) is 14.1. The molecule has 1 aliphatic heterocycles. The maximum absolute atomic E-state index is 12.2. The first-order chi connectivity index (χ1) is 8.83. The highest BCUT2D eigenvalue weighted by molar-refractivity contribution is 5.83. The predicted octanol–water partition coefficient (Wildman–Crippen LogP) is 1.79. The Morgan fingerprint density at radius 2 is 2.00 bits per heavy atom. The zero-order valence-electron chi connectivity index (χ0n) is 10.6. The van der Waals surface area contributed by atoms with Crippen LogP contribution in [0.3, 0.4) is 0 Å². The highest BCUT2D eigenvalue weighted by Gasteiger charge is 2.34. The minimum absolute atomic E-state index is 0.0314. The zero-order valence-corrected chi connectivity index (χ0v) is 10.6. The van der Waals surface area contributed by atoms with Crippen LogP contribution in [0.2, 0.25) is 0 Å². The quantitative estimate of drug-likeness (QED) is 0.856. The molecule has 3 nitrogen and oxygen atoms in total. The molecule has 1 aromatic carbocycles. The number of carbonyl (C=O) groups excluding carboxylic acids is 1. The van der Waals surface area contributed by atoms with Crippen molar-refractivity contribution in [2.45, 2.75) is 31.7 Å². The molecular formula is C15H20N2O. The van der Waals surface area contributed by atoms with Gasteiger partial charge in [-0.05, 0) is 37.2 Å². The highest BCUT2D eigenvalue weighted by atomic mass is 16.2. The molecule has 1 N–H and O–H groups in total. The van der Waals surface area contributed by atoms with Crippen LogP contribution in [0.25, 0.3) is 0 Å². The second kappa shape index (κ2) is 5.11. The van der Waals surface area contributed by atoms with Gasteiger partial charge in [-0.15, -0.1) is 0 Å². The topological polar surface area (TPSA) is 32.3 Å². The molecule has 96 valence electrons. The number of hydrogen-bond donors (Lipinski definition) is 1. The first-order valence-electron chi connectivity index (χ1n) is 6.89. The average molecular weight is 244 g/mol. The van der Waals surface area contributed by atoms with Crippen LogP contribution in [0.1, 0.15) is 24.8 Å². The van der Waals surface area contributed by atoms with Gasteiger partial charge in [0.05, 0.1) is 12.7 Å². The summed E-state index contributed by atoms with van der Waals surface area (Å²) in [6.07, 6.45) is 4.49. The van der Waals surface area contributed by atoms with E-state index in [9.17, 15) is 4.79 Å². The van der Waals surface area contributed by atoms with E-state index < -0.39 is 0 Å². The third kappa shape index (κ3) is 2.72. The van der Waals surface area contributed by atoms with Crippen LogP contribution in [0.5, 0.6) is 0 Å². The third-order valence-electron chi connectivity index (χ3n) is 3.88. The van der Waals surface area contributed by atoms with Gasteiger partial charge in [0.2, 0.25) is 5.91 Å². The minimum Gasteiger partial charge on any atom is -0.328 e. The van der Waals surface area contributed by atoms with Crippen LogP contribution < -0.4 is 5.32 Å². The van der Waals surface area contributed by atoms with Crippen LogP contribution in [0.15, 0.2) is 30.3 Å².